The lowest BCUT2D eigenvalue weighted by Gasteiger charge is -2.09. The van der Waals surface area contributed by atoms with Gasteiger partial charge in [-0.15, -0.1) is 0 Å². The monoisotopic (exact) mass is 523 g/mol. The molecular formula is C26H17F4N5O3. The molecule has 192 valence electrons. The Kier molecular flexibility index (Phi) is 6.15. The molecule has 0 radical (unpaired) electrons. The number of pyridine rings is 1. The van der Waals surface area contributed by atoms with Gasteiger partial charge in [-0.25, -0.2) is 4.39 Å². The number of Topliss-reactive ketones (excluding diaryl/α,β-unsaturated/α-hetero) is 1. The van der Waals surface area contributed by atoms with Crippen LogP contribution in [0.15, 0.2) is 88.3 Å². The van der Waals surface area contributed by atoms with Crippen molar-refractivity contribution in [2.45, 2.75) is 12.6 Å². The van der Waals surface area contributed by atoms with Crippen LogP contribution in [0.3, 0.4) is 0 Å². The third-order valence-electron chi connectivity index (χ3n) is 5.72. The summed E-state index contributed by atoms with van der Waals surface area (Å²) in [7, 11) is 0. The summed E-state index contributed by atoms with van der Waals surface area (Å²) >= 11 is 0. The van der Waals surface area contributed by atoms with Crippen molar-refractivity contribution in [2.75, 3.05) is 5.73 Å². The Morgan fingerprint density at radius 1 is 1.00 bits per heavy atom. The van der Waals surface area contributed by atoms with Gasteiger partial charge in [0.25, 0.3) is 11.4 Å². The number of carbonyl (C=O) groups excluding carboxylic acids is 1. The molecule has 0 unspecified atom stereocenters. The number of carbonyl (C=O) groups is 1. The maximum Gasteiger partial charge on any atom is 0.435 e. The molecule has 38 heavy (non-hydrogen) atoms. The van der Waals surface area contributed by atoms with Gasteiger partial charge in [0, 0.05) is 30.3 Å². The summed E-state index contributed by atoms with van der Waals surface area (Å²) in [5.41, 5.74) is 4.52. The van der Waals surface area contributed by atoms with Crippen LogP contribution in [-0.2, 0) is 12.6 Å². The Morgan fingerprint density at radius 2 is 1.74 bits per heavy atom. The van der Waals surface area contributed by atoms with Crippen LogP contribution in [0.2, 0.25) is 0 Å². The third kappa shape index (κ3) is 4.59. The van der Waals surface area contributed by atoms with E-state index in [0.717, 1.165) is 6.07 Å². The van der Waals surface area contributed by atoms with Crippen LogP contribution in [0.5, 0.6) is 0 Å². The first-order chi connectivity index (χ1) is 18.1. The van der Waals surface area contributed by atoms with Gasteiger partial charge in [-0.05, 0) is 23.8 Å². The van der Waals surface area contributed by atoms with Crippen LogP contribution in [0.1, 0.15) is 21.7 Å². The number of nitrogen functional groups attached to an aromatic ring is 1. The Labute approximate surface area is 211 Å². The lowest BCUT2D eigenvalue weighted by atomic mass is 10.1. The zero-order valence-electron chi connectivity index (χ0n) is 19.3. The smallest absolute Gasteiger partial charge is 0.392 e. The lowest BCUT2D eigenvalue weighted by Crippen LogP contribution is -2.16. The Hall–Kier alpha value is -5.00. The minimum Gasteiger partial charge on any atom is -0.392 e. The van der Waals surface area contributed by atoms with E-state index in [1.165, 1.54) is 35.0 Å². The van der Waals surface area contributed by atoms with Crippen molar-refractivity contribution in [3.63, 3.8) is 0 Å². The van der Waals surface area contributed by atoms with Crippen LogP contribution < -0.4 is 11.3 Å². The molecule has 2 aromatic carbocycles. The standard InChI is InChI=1S/C26H17F4N5O3/c27-18-13-17(34-11-5-4-8-22(34)37)10-9-16(18)12-20(36)19-14-21(26(28,29)30)32-35(19)25-23(31)24(33-38-25)15-6-2-1-3-7-15/h1-11,13-14H,12,31H2. The summed E-state index contributed by atoms with van der Waals surface area (Å²) in [6, 6.07) is 17.2. The molecule has 0 atom stereocenters. The van der Waals surface area contributed by atoms with Crippen molar-refractivity contribution >= 4 is 11.5 Å². The zero-order valence-corrected chi connectivity index (χ0v) is 19.3. The maximum atomic E-state index is 14.9. The second-order valence-corrected chi connectivity index (χ2v) is 8.22. The maximum absolute atomic E-state index is 14.9. The highest BCUT2D eigenvalue weighted by Crippen LogP contribution is 2.34. The topological polar surface area (TPSA) is 109 Å². The van der Waals surface area contributed by atoms with Gasteiger partial charge in [0.2, 0.25) is 0 Å². The predicted molar refractivity (Wildman–Crippen MR) is 129 cm³/mol. The van der Waals surface area contributed by atoms with E-state index >= 15 is 0 Å². The summed E-state index contributed by atoms with van der Waals surface area (Å²) < 4.78 is 62.4. The highest BCUT2D eigenvalue weighted by molar-refractivity contribution is 5.97. The van der Waals surface area contributed by atoms with Gasteiger partial charge in [-0.3, -0.25) is 14.2 Å². The number of hydrogen-bond donors (Lipinski definition) is 1. The van der Waals surface area contributed by atoms with E-state index in [0.29, 0.717) is 16.3 Å². The van der Waals surface area contributed by atoms with E-state index in [1.807, 2.05) is 0 Å². The first-order valence-corrected chi connectivity index (χ1v) is 11.1. The molecule has 12 heteroatoms. The average molecular weight is 523 g/mol. The molecule has 0 amide bonds. The molecule has 0 saturated carbocycles. The van der Waals surface area contributed by atoms with Crippen LogP contribution in [-0.4, -0.2) is 25.3 Å². The third-order valence-corrected chi connectivity index (χ3v) is 5.72. The van der Waals surface area contributed by atoms with Gasteiger partial charge in [-0.1, -0.05) is 47.6 Å². The van der Waals surface area contributed by atoms with Crippen molar-refractivity contribution in [3.8, 4) is 22.8 Å². The fraction of sp³-hybridized carbons (Fsp3) is 0.0769. The van der Waals surface area contributed by atoms with E-state index in [4.69, 9.17) is 10.3 Å². The second-order valence-electron chi connectivity index (χ2n) is 8.22. The predicted octanol–water partition coefficient (Wildman–Crippen LogP) is 4.84. The normalized spacial score (nSPS) is 11.6. The lowest BCUT2D eigenvalue weighted by molar-refractivity contribution is -0.141. The summed E-state index contributed by atoms with van der Waals surface area (Å²) in [6.45, 7) is 0. The number of nitrogens with two attached hydrogens (primary N) is 1. The zero-order chi connectivity index (χ0) is 27.0. The van der Waals surface area contributed by atoms with Crippen LogP contribution in [0, 0.1) is 5.82 Å². The quantitative estimate of drug-likeness (QED) is 0.252. The number of ketones is 1. The van der Waals surface area contributed by atoms with Crippen molar-refractivity contribution in [1.82, 2.24) is 19.5 Å². The Bertz CT molecular complexity index is 1700. The number of halogens is 4. The molecule has 0 aliphatic rings. The fourth-order valence-corrected chi connectivity index (χ4v) is 3.85. The van der Waals surface area contributed by atoms with Gasteiger partial charge < -0.3 is 10.3 Å². The molecular weight excluding hydrogens is 506 g/mol. The van der Waals surface area contributed by atoms with E-state index in [1.54, 1.807) is 36.4 Å². The molecule has 0 bridgehead atoms. The summed E-state index contributed by atoms with van der Waals surface area (Å²) in [5.74, 6) is -2.09. The van der Waals surface area contributed by atoms with E-state index in [9.17, 15) is 27.2 Å². The van der Waals surface area contributed by atoms with Crippen LogP contribution in [0.4, 0.5) is 23.2 Å². The van der Waals surface area contributed by atoms with E-state index < -0.39 is 35.6 Å². The molecule has 3 aromatic heterocycles. The van der Waals surface area contributed by atoms with Crippen LogP contribution in [0.25, 0.3) is 22.8 Å². The number of rotatable bonds is 6. The molecule has 0 spiro atoms. The highest BCUT2D eigenvalue weighted by Gasteiger charge is 2.37. The van der Waals surface area contributed by atoms with Crippen molar-refractivity contribution in [2.24, 2.45) is 0 Å². The molecule has 3 heterocycles. The molecule has 5 aromatic rings. The molecule has 0 saturated heterocycles. The Balaban J connectivity index is 1.51. The van der Waals surface area contributed by atoms with Crippen molar-refractivity contribution in [1.29, 1.82) is 0 Å². The van der Waals surface area contributed by atoms with Gasteiger partial charge in [0.05, 0.1) is 5.69 Å². The minimum absolute atomic E-state index is 0.0976. The van der Waals surface area contributed by atoms with E-state index in [-0.39, 0.29) is 34.1 Å². The molecule has 0 aliphatic carbocycles. The van der Waals surface area contributed by atoms with Gasteiger partial charge in [-0.2, -0.15) is 23.0 Å². The average Bonchev–Trinajstić information content (AvgIpc) is 3.50. The number of alkyl halides is 3. The van der Waals surface area contributed by atoms with Gasteiger partial charge >= 0.3 is 6.18 Å². The van der Waals surface area contributed by atoms with Crippen molar-refractivity contribution < 1.29 is 26.9 Å². The summed E-state index contributed by atoms with van der Waals surface area (Å²) in [6.07, 6.45) is -4.03. The second kappa shape index (κ2) is 9.47. The van der Waals surface area contributed by atoms with Crippen LogP contribution >= 0.6 is 0 Å². The number of benzene rings is 2. The molecule has 8 nitrogen and oxygen atoms in total. The Morgan fingerprint density at radius 3 is 2.42 bits per heavy atom. The number of anilines is 1. The summed E-state index contributed by atoms with van der Waals surface area (Å²) in [4.78, 5) is 25.2. The van der Waals surface area contributed by atoms with Gasteiger partial charge in [0.1, 0.15) is 22.9 Å². The summed E-state index contributed by atoms with van der Waals surface area (Å²) in [5, 5.41) is 7.33. The van der Waals surface area contributed by atoms with Gasteiger partial charge in [0.15, 0.2) is 11.5 Å². The number of nitrogens with zero attached hydrogens (tertiary/aromatic N) is 4. The first kappa shape index (κ1) is 24.7. The SMILES string of the molecule is Nc1c(-c2ccccc2)noc1-n1nc(C(F)(F)F)cc1C(=O)Cc1ccc(-n2ccccc2=O)cc1F. The molecule has 2 N–H and O–H groups in total. The van der Waals surface area contributed by atoms with Crippen molar-refractivity contribution in [3.05, 3.63) is 112 Å². The molecule has 5 rings (SSSR count). The van der Waals surface area contributed by atoms with E-state index in [2.05, 4.69) is 10.3 Å². The first-order valence-electron chi connectivity index (χ1n) is 11.1. The molecule has 0 fully saturated rings. The molecule has 0 aliphatic heterocycles. The fourth-order valence-electron chi connectivity index (χ4n) is 3.85. The minimum atomic E-state index is -4.88. The number of hydrogen-bond acceptors (Lipinski definition) is 6. The number of aromatic nitrogens is 4. The largest absolute Gasteiger partial charge is 0.435 e. The highest BCUT2D eigenvalue weighted by atomic mass is 19.4.